The minimum Gasteiger partial charge on any atom is -0.447 e. The van der Waals surface area contributed by atoms with Gasteiger partial charge in [0.1, 0.15) is 0 Å². The van der Waals surface area contributed by atoms with E-state index in [-0.39, 0.29) is 39.7 Å². The number of nitrogens with one attached hydrogen (secondary N) is 1. The van der Waals surface area contributed by atoms with Crippen LogP contribution in [0.3, 0.4) is 0 Å². The number of ether oxygens (including phenoxy) is 1. The number of hydrogen-bond acceptors (Lipinski definition) is 6. The van der Waals surface area contributed by atoms with Gasteiger partial charge in [-0.1, -0.05) is 36.4 Å². The number of benzene rings is 2. The number of halogens is 1. The highest BCUT2D eigenvalue weighted by molar-refractivity contribution is 9.10. The van der Waals surface area contributed by atoms with Gasteiger partial charge in [0.15, 0.2) is 22.3 Å². The number of rotatable bonds is 4. The van der Waals surface area contributed by atoms with Crippen molar-refractivity contribution in [3.63, 3.8) is 0 Å². The van der Waals surface area contributed by atoms with E-state index in [1.807, 2.05) is 0 Å². The summed E-state index contributed by atoms with van der Waals surface area (Å²) in [5, 5.41) is 2.58. The van der Waals surface area contributed by atoms with Crippen molar-refractivity contribution in [1.29, 1.82) is 0 Å². The van der Waals surface area contributed by atoms with Crippen molar-refractivity contribution in [3.05, 3.63) is 87.3 Å². The van der Waals surface area contributed by atoms with Crippen LogP contribution in [0.4, 0.5) is 5.69 Å². The molecule has 0 saturated carbocycles. The molecule has 1 atom stereocenters. The highest BCUT2D eigenvalue weighted by Gasteiger charge is 2.32. The Bertz CT molecular complexity index is 1210. The summed E-state index contributed by atoms with van der Waals surface area (Å²) in [7, 11) is 0. The van der Waals surface area contributed by atoms with Crippen LogP contribution in [-0.2, 0) is 9.53 Å². The minimum atomic E-state index is -1.17. The molecule has 30 heavy (non-hydrogen) atoms. The smallest absolute Gasteiger partial charge is 0.375 e. The van der Waals surface area contributed by atoms with Crippen molar-refractivity contribution >= 4 is 45.1 Å². The highest BCUT2D eigenvalue weighted by atomic mass is 79.9. The fourth-order valence-corrected chi connectivity index (χ4v) is 3.49. The molecule has 1 aliphatic rings. The van der Waals surface area contributed by atoms with E-state index in [9.17, 15) is 19.2 Å². The Morgan fingerprint density at radius 3 is 2.27 bits per heavy atom. The molecule has 1 heterocycles. The Hall–Kier alpha value is -3.52. The van der Waals surface area contributed by atoms with E-state index in [2.05, 4.69) is 21.2 Å². The normalized spacial score (nSPS) is 13.3. The van der Waals surface area contributed by atoms with E-state index in [1.165, 1.54) is 25.1 Å². The van der Waals surface area contributed by atoms with Gasteiger partial charge in [0.05, 0.1) is 11.3 Å². The Kier molecular flexibility index (Phi) is 5.09. The molecule has 1 N–H and O–H groups in total. The minimum absolute atomic E-state index is 0.0593. The van der Waals surface area contributed by atoms with Crippen LogP contribution in [0.1, 0.15) is 49.3 Å². The van der Waals surface area contributed by atoms with Crippen molar-refractivity contribution in [2.75, 3.05) is 5.32 Å². The summed E-state index contributed by atoms with van der Waals surface area (Å²) in [4.78, 5) is 50.4. The molecule has 1 amide bonds. The number of carbonyl (C=O) groups is 4. The lowest BCUT2D eigenvalue weighted by Crippen LogP contribution is -2.31. The van der Waals surface area contributed by atoms with Crippen LogP contribution in [0.5, 0.6) is 0 Å². The van der Waals surface area contributed by atoms with Crippen LogP contribution in [0.2, 0.25) is 0 Å². The predicted molar refractivity (Wildman–Crippen MR) is 110 cm³/mol. The molecule has 8 heteroatoms. The van der Waals surface area contributed by atoms with Crippen molar-refractivity contribution in [2.45, 2.75) is 13.0 Å². The summed E-state index contributed by atoms with van der Waals surface area (Å²) in [6.07, 6.45) is -1.17. The van der Waals surface area contributed by atoms with Gasteiger partial charge in [-0.2, -0.15) is 0 Å². The second kappa shape index (κ2) is 7.72. The Balaban J connectivity index is 1.57. The Morgan fingerprint density at radius 2 is 1.60 bits per heavy atom. The zero-order chi connectivity index (χ0) is 21.4. The Labute approximate surface area is 179 Å². The molecule has 0 saturated heterocycles. The SMILES string of the molecule is CC(OC(=O)c1ccc(Br)o1)C(=O)Nc1cccc2c1C(=O)c1ccccc1C2=O. The number of anilines is 1. The number of esters is 1. The molecule has 4 rings (SSSR count). The fourth-order valence-electron chi connectivity index (χ4n) is 3.18. The molecule has 150 valence electrons. The molecule has 1 aliphatic carbocycles. The van der Waals surface area contributed by atoms with Crippen LogP contribution in [0, 0.1) is 0 Å². The summed E-state index contributed by atoms with van der Waals surface area (Å²) in [6.45, 7) is 1.39. The zero-order valence-corrected chi connectivity index (χ0v) is 17.2. The Morgan fingerprint density at radius 1 is 0.933 bits per heavy atom. The highest BCUT2D eigenvalue weighted by Crippen LogP contribution is 2.32. The summed E-state index contributed by atoms with van der Waals surface area (Å²) < 4.78 is 10.6. The number of ketones is 2. The van der Waals surface area contributed by atoms with Gasteiger partial charge in [-0.15, -0.1) is 0 Å². The van der Waals surface area contributed by atoms with E-state index in [0.29, 0.717) is 10.2 Å². The van der Waals surface area contributed by atoms with Crippen molar-refractivity contribution in [2.24, 2.45) is 0 Å². The van der Waals surface area contributed by atoms with Gasteiger partial charge in [0.2, 0.25) is 5.76 Å². The van der Waals surface area contributed by atoms with Gasteiger partial charge in [0, 0.05) is 16.7 Å². The first-order chi connectivity index (χ1) is 14.4. The third kappa shape index (κ3) is 3.46. The van der Waals surface area contributed by atoms with Gasteiger partial charge >= 0.3 is 5.97 Å². The third-order valence-electron chi connectivity index (χ3n) is 4.64. The van der Waals surface area contributed by atoms with Crippen LogP contribution in [0.15, 0.2) is 63.7 Å². The van der Waals surface area contributed by atoms with Crippen LogP contribution >= 0.6 is 15.9 Å². The topological polar surface area (TPSA) is 103 Å². The third-order valence-corrected chi connectivity index (χ3v) is 5.06. The number of amides is 1. The van der Waals surface area contributed by atoms with Crippen LogP contribution in [0.25, 0.3) is 0 Å². The first-order valence-electron chi connectivity index (χ1n) is 8.95. The summed E-state index contributed by atoms with van der Waals surface area (Å²) in [5.41, 5.74) is 1.10. The number of carbonyl (C=O) groups excluding carboxylic acids is 4. The molecule has 7 nitrogen and oxygen atoms in total. The van der Waals surface area contributed by atoms with E-state index >= 15 is 0 Å². The second-order valence-corrected chi connectivity index (χ2v) is 7.35. The summed E-state index contributed by atoms with van der Waals surface area (Å²) >= 11 is 3.08. The van der Waals surface area contributed by atoms with Gasteiger partial charge in [-0.05, 0) is 41.1 Å². The lowest BCUT2D eigenvalue weighted by atomic mass is 9.83. The number of hydrogen-bond donors (Lipinski definition) is 1. The molecule has 0 spiro atoms. The average molecular weight is 468 g/mol. The molecule has 1 unspecified atom stereocenters. The van der Waals surface area contributed by atoms with Gasteiger partial charge in [-0.25, -0.2) is 4.79 Å². The first kappa shape index (κ1) is 19.8. The molecule has 2 aromatic carbocycles. The molecule has 1 aromatic heterocycles. The second-order valence-electron chi connectivity index (χ2n) is 6.57. The maximum Gasteiger partial charge on any atom is 0.375 e. The largest absolute Gasteiger partial charge is 0.447 e. The molecule has 0 bridgehead atoms. The lowest BCUT2D eigenvalue weighted by Gasteiger charge is -2.21. The van der Waals surface area contributed by atoms with E-state index < -0.39 is 18.0 Å². The summed E-state index contributed by atoms with van der Waals surface area (Å²) in [5.74, 6) is -2.17. The maximum atomic E-state index is 13.0. The molecule has 0 fully saturated rings. The number of furan rings is 1. The summed E-state index contributed by atoms with van der Waals surface area (Å²) in [6, 6.07) is 14.1. The van der Waals surface area contributed by atoms with Crippen molar-refractivity contribution in [1.82, 2.24) is 0 Å². The quantitative estimate of drug-likeness (QED) is 0.455. The van der Waals surface area contributed by atoms with Gasteiger partial charge in [0.25, 0.3) is 5.91 Å². The standard InChI is InChI=1S/C22H14BrNO6/c1-11(29-22(28)16-9-10-17(23)30-16)21(27)24-15-8-4-7-14-18(15)20(26)13-6-3-2-5-12(13)19(14)25/h2-11H,1H3,(H,24,27). The zero-order valence-electron chi connectivity index (χ0n) is 15.6. The van der Waals surface area contributed by atoms with Crippen molar-refractivity contribution < 1.29 is 28.3 Å². The molecule has 3 aromatic rings. The monoisotopic (exact) mass is 467 g/mol. The molecular weight excluding hydrogens is 454 g/mol. The van der Waals surface area contributed by atoms with Crippen LogP contribution < -0.4 is 5.32 Å². The van der Waals surface area contributed by atoms with Gasteiger partial charge in [-0.3, -0.25) is 14.4 Å². The van der Waals surface area contributed by atoms with Crippen LogP contribution in [-0.4, -0.2) is 29.5 Å². The van der Waals surface area contributed by atoms with Crippen molar-refractivity contribution in [3.8, 4) is 0 Å². The van der Waals surface area contributed by atoms with E-state index in [0.717, 1.165) is 0 Å². The van der Waals surface area contributed by atoms with E-state index in [4.69, 9.17) is 9.15 Å². The first-order valence-corrected chi connectivity index (χ1v) is 9.74. The average Bonchev–Trinajstić information content (AvgIpc) is 3.18. The fraction of sp³-hybridized carbons (Fsp3) is 0.0909. The number of fused-ring (bicyclic) bond motifs is 2. The maximum absolute atomic E-state index is 13.0. The van der Waals surface area contributed by atoms with Gasteiger partial charge < -0.3 is 14.5 Å². The predicted octanol–water partition coefficient (Wildman–Crippen LogP) is 4.00. The molecular formula is C22H14BrNO6. The van der Waals surface area contributed by atoms with E-state index in [1.54, 1.807) is 36.4 Å². The lowest BCUT2D eigenvalue weighted by molar-refractivity contribution is -0.123. The molecule has 0 aliphatic heterocycles. The molecule has 0 radical (unpaired) electrons.